The molecular weight excluding hydrogens is 542 g/mol. The Labute approximate surface area is 258 Å². The summed E-state index contributed by atoms with van der Waals surface area (Å²) in [6.45, 7) is 15.6. The smallest absolute Gasteiger partial charge is 0.408 e. The molecule has 2 atom stereocenters. The highest BCUT2D eigenvalue weighted by Crippen LogP contribution is 2.28. The van der Waals surface area contributed by atoms with Crippen molar-refractivity contribution in [2.75, 3.05) is 19.0 Å². The molecule has 0 heterocycles. The number of amides is 3. The Kier molecular flexibility index (Phi) is 14.0. The van der Waals surface area contributed by atoms with E-state index in [1.165, 1.54) is 6.42 Å². The van der Waals surface area contributed by atoms with E-state index in [9.17, 15) is 14.4 Å². The molecule has 0 radical (unpaired) electrons. The van der Waals surface area contributed by atoms with Gasteiger partial charge in [0.2, 0.25) is 5.91 Å². The number of benzene rings is 2. The van der Waals surface area contributed by atoms with Crippen LogP contribution in [-0.2, 0) is 14.3 Å². The van der Waals surface area contributed by atoms with Gasteiger partial charge in [-0.2, -0.15) is 0 Å². The average Bonchev–Trinajstić information content (AvgIpc) is 2.91. The van der Waals surface area contributed by atoms with Crippen LogP contribution in [-0.4, -0.2) is 48.1 Å². The molecule has 238 valence electrons. The monoisotopic (exact) mass is 595 g/mol. The highest BCUT2D eigenvalue weighted by Gasteiger charge is 2.37. The molecule has 0 spiro atoms. The van der Waals surface area contributed by atoms with Gasteiger partial charge in [-0.3, -0.25) is 9.59 Å². The van der Waals surface area contributed by atoms with Gasteiger partial charge in [0, 0.05) is 12.2 Å². The molecule has 2 rings (SSSR count). The molecule has 0 bridgehead atoms. The van der Waals surface area contributed by atoms with Crippen LogP contribution in [0.2, 0.25) is 0 Å². The lowest BCUT2D eigenvalue weighted by atomic mass is 9.96. The molecule has 8 nitrogen and oxygen atoms in total. The fourth-order valence-corrected chi connectivity index (χ4v) is 5.08. The van der Waals surface area contributed by atoms with Crippen molar-refractivity contribution in [3.63, 3.8) is 0 Å². The Hall–Kier alpha value is -3.55. The van der Waals surface area contributed by atoms with Gasteiger partial charge in [-0.15, -0.1) is 0 Å². The zero-order valence-corrected chi connectivity index (χ0v) is 27.7. The minimum Gasteiger partial charge on any atom is -0.497 e. The Morgan fingerprint density at radius 1 is 0.884 bits per heavy atom. The summed E-state index contributed by atoms with van der Waals surface area (Å²) in [5.41, 5.74) is 2.60. The summed E-state index contributed by atoms with van der Waals surface area (Å²) >= 11 is 0. The fourth-order valence-electron chi connectivity index (χ4n) is 5.08. The van der Waals surface area contributed by atoms with E-state index in [2.05, 4.69) is 17.6 Å². The van der Waals surface area contributed by atoms with E-state index < -0.39 is 23.8 Å². The Morgan fingerprint density at radius 2 is 1.47 bits per heavy atom. The molecule has 3 amide bonds. The van der Waals surface area contributed by atoms with Crippen LogP contribution in [0.4, 0.5) is 10.5 Å². The number of hydrogen-bond donors (Lipinski definition) is 2. The summed E-state index contributed by atoms with van der Waals surface area (Å²) in [5, 5.41) is 5.83. The van der Waals surface area contributed by atoms with Crippen molar-refractivity contribution in [3.05, 3.63) is 59.2 Å². The van der Waals surface area contributed by atoms with Gasteiger partial charge in [-0.05, 0) is 76.8 Å². The number of nitrogens with one attached hydrogen (secondary N) is 2. The molecule has 0 saturated carbocycles. The number of aryl methyl sites for hydroxylation is 2. The zero-order valence-electron chi connectivity index (χ0n) is 27.7. The Morgan fingerprint density at radius 3 is 2.00 bits per heavy atom. The highest BCUT2D eigenvalue weighted by molar-refractivity contribution is 5.99. The second kappa shape index (κ2) is 16.9. The van der Waals surface area contributed by atoms with Gasteiger partial charge in [-0.25, -0.2) is 4.79 Å². The summed E-state index contributed by atoms with van der Waals surface area (Å²) in [6.07, 6.45) is 5.54. The summed E-state index contributed by atoms with van der Waals surface area (Å²) in [7, 11) is 1.59. The van der Waals surface area contributed by atoms with Gasteiger partial charge < -0.3 is 25.0 Å². The first-order valence-electron chi connectivity index (χ1n) is 15.6. The van der Waals surface area contributed by atoms with Crippen LogP contribution >= 0.6 is 0 Å². The summed E-state index contributed by atoms with van der Waals surface area (Å²) in [5.74, 6) is -0.203. The number of hydrogen-bond acceptors (Lipinski definition) is 5. The second-order valence-electron chi connectivity index (χ2n) is 12.7. The van der Waals surface area contributed by atoms with Crippen molar-refractivity contribution in [2.45, 2.75) is 112 Å². The predicted octanol–water partition coefficient (Wildman–Crippen LogP) is 7.73. The lowest BCUT2D eigenvalue weighted by Crippen LogP contribution is -2.54. The van der Waals surface area contributed by atoms with Crippen LogP contribution in [0.3, 0.4) is 0 Å². The number of carbonyl (C=O) groups excluding carboxylic acids is 3. The van der Waals surface area contributed by atoms with E-state index in [0.29, 0.717) is 18.0 Å². The van der Waals surface area contributed by atoms with E-state index >= 15 is 0 Å². The molecule has 8 heteroatoms. The van der Waals surface area contributed by atoms with Crippen LogP contribution in [0.5, 0.6) is 5.75 Å². The molecule has 43 heavy (non-hydrogen) atoms. The van der Waals surface area contributed by atoms with Crippen molar-refractivity contribution in [2.24, 2.45) is 5.92 Å². The van der Waals surface area contributed by atoms with Gasteiger partial charge >= 0.3 is 6.09 Å². The minimum absolute atomic E-state index is 0.239. The van der Waals surface area contributed by atoms with E-state index in [1.807, 2.05) is 45.9 Å². The molecular formula is C35H53N3O5. The summed E-state index contributed by atoms with van der Waals surface area (Å²) in [6, 6.07) is 11.3. The molecule has 0 aliphatic rings. The van der Waals surface area contributed by atoms with Gasteiger partial charge in [0.25, 0.3) is 5.91 Å². The topological polar surface area (TPSA) is 97.0 Å². The van der Waals surface area contributed by atoms with E-state index in [-0.39, 0.29) is 17.7 Å². The van der Waals surface area contributed by atoms with Crippen LogP contribution in [0.25, 0.3) is 0 Å². The number of rotatable bonds is 15. The maximum absolute atomic E-state index is 14.4. The van der Waals surface area contributed by atoms with Gasteiger partial charge in [0.15, 0.2) is 0 Å². The first-order chi connectivity index (χ1) is 20.2. The number of ether oxygens (including phenoxy) is 2. The van der Waals surface area contributed by atoms with Crippen molar-refractivity contribution in [1.82, 2.24) is 10.2 Å². The van der Waals surface area contributed by atoms with E-state index in [1.54, 1.807) is 57.0 Å². The van der Waals surface area contributed by atoms with Crippen molar-refractivity contribution in [3.8, 4) is 5.75 Å². The molecule has 0 aliphatic heterocycles. The first kappa shape index (κ1) is 35.6. The van der Waals surface area contributed by atoms with E-state index in [4.69, 9.17) is 9.47 Å². The minimum atomic E-state index is -0.912. The number of anilines is 1. The molecule has 0 aromatic heterocycles. The molecule has 2 aromatic carbocycles. The van der Waals surface area contributed by atoms with Gasteiger partial charge in [-0.1, -0.05) is 82.2 Å². The Bertz CT molecular complexity index is 1170. The standard InChI is InChI=1S/C35H53N3O5/c1-10-11-12-13-14-15-20-38(33(40)30(24(2)3)37-34(41)43-35(6,7)8)31(27-22-25(4)21-26(5)23-27)32(39)36-28-16-18-29(42-9)19-17-28/h16-19,21-24,30-31H,10-15,20H2,1-9H3,(H,36,39)(H,37,41). The number of unbranched alkanes of at least 4 members (excludes halogenated alkanes) is 5. The second-order valence-corrected chi connectivity index (χ2v) is 12.7. The third-order valence-corrected chi connectivity index (χ3v) is 7.12. The van der Waals surface area contributed by atoms with Crippen LogP contribution in [0.15, 0.2) is 42.5 Å². The number of nitrogens with zero attached hydrogens (tertiary/aromatic N) is 1. The number of alkyl carbamates (subject to hydrolysis) is 1. The van der Waals surface area contributed by atoms with Gasteiger partial charge in [0.05, 0.1) is 7.11 Å². The quantitative estimate of drug-likeness (QED) is 0.205. The molecule has 2 unspecified atom stereocenters. The molecule has 0 fully saturated rings. The zero-order chi connectivity index (χ0) is 32.2. The average molecular weight is 596 g/mol. The SMILES string of the molecule is CCCCCCCCN(C(=O)C(NC(=O)OC(C)(C)C)C(C)C)C(C(=O)Nc1ccc(OC)cc1)c1cc(C)cc(C)c1. The lowest BCUT2D eigenvalue weighted by Gasteiger charge is -2.36. The van der Waals surface area contributed by atoms with E-state index in [0.717, 1.165) is 48.8 Å². The fraction of sp³-hybridized carbons (Fsp3) is 0.571. The highest BCUT2D eigenvalue weighted by atomic mass is 16.6. The van der Waals surface area contributed by atoms with Crippen molar-refractivity contribution >= 4 is 23.6 Å². The van der Waals surface area contributed by atoms with Crippen LogP contribution in [0.1, 0.15) is 103 Å². The summed E-state index contributed by atoms with van der Waals surface area (Å²) < 4.78 is 10.8. The Balaban J connectivity index is 2.53. The van der Waals surface area contributed by atoms with Crippen molar-refractivity contribution in [1.29, 1.82) is 0 Å². The molecule has 0 aliphatic carbocycles. The third-order valence-electron chi connectivity index (χ3n) is 7.12. The van der Waals surface area contributed by atoms with Gasteiger partial charge in [0.1, 0.15) is 23.4 Å². The van der Waals surface area contributed by atoms with Crippen LogP contribution in [0, 0.1) is 19.8 Å². The first-order valence-corrected chi connectivity index (χ1v) is 15.6. The predicted molar refractivity (Wildman–Crippen MR) is 173 cm³/mol. The number of carbonyl (C=O) groups is 3. The molecule has 0 saturated heterocycles. The maximum atomic E-state index is 14.4. The lowest BCUT2D eigenvalue weighted by molar-refractivity contribution is -0.141. The largest absolute Gasteiger partial charge is 0.497 e. The maximum Gasteiger partial charge on any atom is 0.408 e. The molecule has 2 N–H and O–H groups in total. The van der Waals surface area contributed by atoms with Crippen molar-refractivity contribution < 1.29 is 23.9 Å². The normalized spacial score (nSPS) is 12.8. The molecule has 2 aromatic rings. The third kappa shape index (κ3) is 11.9. The van der Waals surface area contributed by atoms with Crippen LogP contribution < -0.4 is 15.4 Å². The number of methoxy groups -OCH3 is 1. The summed E-state index contributed by atoms with van der Waals surface area (Å²) in [4.78, 5) is 43.1.